The zero-order valence-corrected chi connectivity index (χ0v) is 24.9. The quantitative estimate of drug-likeness (QED) is 0.113. The Morgan fingerprint density at radius 2 is 1.29 bits per heavy atom. The van der Waals surface area contributed by atoms with E-state index in [1.165, 1.54) is 18.4 Å². The fourth-order valence-electron chi connectivity index (χ4n) is 5.98. The van der Waals surface area contributed by atoms with Gasteiger partial charge in [0.05, 0.1) is 0 Å². The summed E-state index contributed by atoms with van der Waals surface area (Å²) in [4.78, 5) is 13.9. The number of aryl methyl sites for hydroxylation is 1. The van der Waals surface area contributed by atoms with Gasteiger partial charge >= 0.3 is 5.97 Å². The Morgan fingerprint density at radius 1 is 0.738 bits per heavy atom. The van der Waals surface area contributed by atoms with Crippen molar-refractivity contribution in [1.82, 2.24) is 0 Å². The third-order valence-corrected chi connectivity index (χ3v) is 8.19. The normalized spacial score (nSPS) is 13.9. The number of carbonyl (C=O) groups is 1. The Bertz CT molecular complexity index is 1640. The van der Waals surface area contributed by atoms with Crippen LogP contribution in [0.25, 0.3) is 32.7 Å². The molecule has 214 valence electrons. The predicted octanol–water partition coefficient (Wildman–Crippen LogP) is 9.76. The highest BCUT2D eigenvalue weighted by molar-refractivity contribution is 6.10. The number of fused-ring (bicyclic) bond motifs is 7. The predicted molar refractivity (Wildman–Crippen MR) is 170 cm³/mol. The smallest absolute Gasteiger partial charge is 0.322 e. The Morgan fingerprint density at radius 3 is 1.81 bits per heavy atom. The summed E-state index contributed by atoms with van der Waals surface area (Å²) >= 11 is 0. The van der Waals surface area contributed by atoms with E-state index in [-0.39, 0.29) is 5.97 Å². The molecular weight excluding hydrogens is 520 g/mol. The Kier molecular flexibility index (Phi) is 7.64. The Hall–Kier alpha value is -4.31. The van der Waals surface area contributed by atoms with Gasteiger partial charge in [0.1, 0.15) is 23.2 Å². The van der Waals surface area contributed by atoms with Crippen molar-refractivity contribution in [3.8, 4) is 28.4 Å². The van der Waals surface area contributed by atoms with Gasteiger partial charge in [-0.25, -0.2) is 0 Å². The number of hydrogen-bond donors (Lipinski definition) is 0. The first-order chi connectivity index (χ1) is 20.3. The van der Waals surface area contributed by atoms with Crippen LogP contribution in [-0.4, -0.2) is 12.3 Å². The van der Waals surface area contributed by atoms with E-state index in [4.69, 9.17) is 14.2 Å². The summed E-state index contributed by atoms with van der Waals surface area (Å²) in [5, 5.41) is 4.38. The third kappa shape index (κ3) is 5.46. The van der Waals surface area contributed by atoms with Gasteiger partial charge in [0.15, 0.2) is 0 Å². The zero-order chi connectivity index (χ0) is 29.3. The molecule has 0 aromatic heterocycles. The lowest BCUT2D eigenvalue weighted by Gasteiger charge is -2.34. The molecule has 1 heterocycles. The van der Waals surface area contributed by atoms with E-state index in [0.717, 1.165) is 45.5 Å². The van der Waals surface area contributed by atoms with E-state index in [1.807, 2.05) is 81.4 Å². The molecule has 4 nitrogen and oxygen atoms in total. The molecule has 0 fully saturated rings. The van der Waals surface area contributed by atoms with Gasteiger partial charge in [-0.05, 0) is 69.6 Å². The number of rotatable bonds is 7. The molecule has 0 aliphatic carbocycles. The average Bonchev–Trinajstić information content (AvgIpc) is 3.14. The molecule has 0 saturated carbocycles. The molecule has 1 aliphatic heterocycles. The van der Waals surface area contributed by atoms with Gasteiger partial charge in [-0.1, -0.05) is 113 Å². The second-order valence-corrected chi connectivity index (χ2v) is 12.3. The highest BCUT2D eigenvalue weighted by Crippen LogP contribution is 2.49. The van der Waals surface area contributed by atoms with E-state index in [2.05, 4.69) is 43.3 Å². The first-order valence-electron chi connectivity index (χ1n) is 15.0. The van der Waals surface area contributed by atoms with Crippen LogP contribution in [0.5, 0.6) is 17.2 Å². The highest BCUT2D eigenvalue weighted by Gasteiger charge is 2.44. The summed E-state index contributed by atoms with van der Waals surface area (Å²) in [7, 11) is 0. The number of carbonyl (C=O) groups excluding carboxylic acids is 1. The van der Waals surface area contributed by atoms with Crippen molar-refractivity contribution >= 4 is 27.5 Å². The van der Waals surface area contributed by atoms with E-state index in [9.17, 15) is 4.79 Å². The highest BCUT2D eigenvalue weighted by atomic mass is 16.7. The molecule has 0 radical (unpaired) electrons. The van der Waals surface area contributed by atoms with Gasteiger partial charge in [0, 0.05) is 11.1 Å². The second kappa shape index (κ2) is 11.5. The van der Waals surface area contributed by atoms with Crippen LogP contribution >= 0.6 is 0 Å². The molecule has 6 rings (SSSR count). The van der Waals surface area contributed by atoms with Gasteiger partial charge in [-0.2, -0.15) is 0 Å². The lowest BCUT2D eigenvalue weighted by atomic mass is 9.80. The molecule has 1 unspecified atom stereocenters. The van der Waals surface area contributed by atoms with E-state index in [0.29, 0.717) is 17.2 Å². The minimum atomic E-state index is -0.895. The van der Waals surface area contributed by atoms with Crippen LogP contribution in [0.1, 0.15) is 52.5 Å². The van der Waals surface area contributed by atoms with Crippen molar-refractivity contribution in [1.29, 1.82) is 0 Å². The van der Waals surface area contributed by atoms with Gasteiger partial charge < -0.3 is 14.2 Å². The first kappa shape index (κ1) is 27.8. The molecule has 0 saturated heterocycles. The van der Waals surface area contributed by atoms with E-state index >= 15 is 0 Å². The molecule has 0 amide bonds. The maximum absolute atomic E-state index is 13.9. The van der Waals surface area contributed by atoms with E-state index < -0.39 is 17.6 Å². The van der Waals surface area contributed by atoms with Crippen molar-refractivity contribution in [2.24, 2.45) is 11.3 Å². The zero-order valence-electron chi connectivity index (χ0n) is 24.9. The SMILES string of the molecule is CCCCCc1ccc(OC(=O)C(C2Oc3ccc4ccccc4c3-c3c(ccc4ccccc34)O2)C(C)(C)C)cc1. The van der Waals surface area contributed by atoms with Crippen molar-refractivity contribution in [2.45, 2.75) is 59.7 Å². The summed E-state index contributed by atoms with van der Waals surface area (Å²) in [6.45, 7) is 8.28. The van der Waals surface area contributed by atoms with E-state index in [1.54, 1.807) is 0 Å². The van der Waals surface area contributed by atoms with Crippen LogP contribution in [0.4, 0.5) is 0 Å². The van der Waals surface area contributed by atoms with Crippen molar-refractivity contribution in [3.05, 3.63) is 103 Å². The lowest BCUT2D eigenvalue weighted by Crippen LogP contribution is -2.46. The van der Waals surface area contributed by atoms with Crippen LogP contribution in [0.15, 0.2) is 97.1 Å². The molecule has 0 spiro atoms. The summed E-state index contributed by atoms with van der Waals surface area (Å²) in [5.74, 6) is 0.816. The monoisotopic (exact) mass is 558 g/mol. The third-order valence-electron chi connectivity index (χ3n) is 8.19. The van der Waals surface area contributed by atoms with Crippen LogP contribution in [0, 0.1) is 11.3 Å². The maximum atomic E-state index is 13.9. The standard InChI is InChI=1S/C38H38O4/c1-5-6-7-12-25-17-21-28(22-18-25)40-36(39)35(38(2,3)4)37-41-31-23-19-26-13-8-10-15-29(26)33(31)34-30-16-11-9-14-27(30)20-24-32(34)42-37/h8-11,13-24,35,37H,5-7,12H2,1-4H3. The molecule has 0 N–H and O–H groups in total. The molecule has 4 heteroatoms. The molecule has 42 heavy (non-hydrogen) atoms. The van der Waals surface area contributed by atoms with Crippen molar-refractivity contribution in [3.63, 3.8) is 0 Å². The minimum Gasteiger partial charge on any atom is -0.453 e. The fraction of sp³-hybridized carbons (Fsp3) is 0.289. The Balaban J connectivity index is 1.40. The van der Waals surface area contributed by atoms with Gasteiger partial charge in [-0.15, -0.1) is 0 Å². The topological polar surface area (TPSA) is 44.8 Å². The number of unbranched alkanes of at least 4 members (excludes halogenated alkanes) is 2. The van der Waals surface area contributed by atoms with Crippen LogP contribution in [0.2, 0.25) is 0 Å². The molecule has 5 aromatic rings. The molecule has 0 bridgehead atoms. The number of hydrogen-bond acceptors (Lipinski definition) is 4. The number of ether oxygens (including phenoxy) is 3. The minimum absolute atomic E-state index is 0.377. The second-order valence-electron chi connectivity index (χ2n) is 12.3. The summed E-state index contributed by atoms with van der Waals surface area (Å²) < 4.78 is 19.4. The Labute approximate surface area is 248 Å². The number of esters is 1. The van der Waals surface area contributed by atoms with Gasteiger partial charge in [0.25, 0.3) is 6.29 Å². The average molecular weight is 559 g/mol. The molecule has 5 aromatic carbocycles. The van der Waals surface area contributed by atoms with Gasteiger partial charge in [0.2, 0.25) is 0 Å². The molecule has 1 aliphatic rings. The maximum Gasteiger partial charge on any atom is 0.322 e. The lowest BCUT2D eigenvalue weighted by molar-refractivity contribution is -0.158. The summed E-state index contributed by atoms with van der Waals surface area (Å²) in [6.07, 6.45) is 3.69. The van der Waals surface area contributed by atoms with Crippen molar-refractivity contribution in [2.75, 3.05) is 0 Å². The first-order valence-corrected chi connectivity index (χ1v) is 15.0. The molecular formula is C38H38O4. The van der Waals surface area contributed by atoms with Crippen LogP contribution < -0.4 is 14.2 Å². The van der Waals surface area contributed by atoms with Gasteiger partial charge in [-0.3, -0.25) is 4.79 Å². The molecule has 1 atom stereocenters. The number of benzene rings is 5. The van der Waals surface area contributed by atoms with Crippen molar-refractivity contribution < 1.29 is 19.0 Å². The largest absolute Gasteiger partial charge is 0.453 e. The summed E-state index contributed by atoms with van der Waals surface area (Å²) in [6, 6.07) is 32.6. The van der Waals surface area contributed by atoms with Crippen LogP contribution in [-0.2, 0) is 11.2 Å². The fourth-order valence-corrected chi connectivity index (χ4v) is 5.98. The van der Waals surface area contributed by atoms with Crippen LogP contribution in [0.3, 0.4) is 0 Å². The summed E-state index contributed by atoms with van der Waals surface area (Å²) in [5.41, 5.74) is 2.68.